The first-order valence-electron chi connectivity index (χ1n) is 8.02. The van der Waals surface area contributed by atoms with Crippen LogP contribution in [-0.2, 0) is 4.79 Å². The van der Waals surface area contributed by atoms with Gasteiger partial charge in [-0.2, -0.15) is 13.2 Å². The summed E-state index contributed by atoms with van der Waals surface area (Å²) in [6.45, 7) is 2.21. The van der Waals surface area contributed by atoms with Crippen molar-refractivity contribution < 1.29 is 23.1 Å². The minimum atomic E-state index is -4.23. The van der Waals surface area contributed by atoms with Gasteiger partial charge in [-0.25, -0.2) is 0 Å². The van der Waals surface area contributed by atoms with Gasteiger partial charge in [0.1, 0.15) is 6.04 Å². The third-order valence-corrected chi connectivity index (χ3v) is 4.95. The first-order chi connectivity index (χ1) is 10.2. The minimum Gasteiger partial charge on any atom is -0.389 e. The van der Waals surface area contributed by atoms with Crippen molar-refractivity contribution in [3.63, 3.8) is 0 Å². The maximum Gasteiger partial charge on any atom is 0.403 e. The second-order valence-electron chi connectivity index (χ2n) is 6.60. The van der Waals surface area contributed by atoms with Crippen molar-refractivity contribution >= 4 is 5.91 Å². The topological polar surface area (TPSA) is 43.8 Å². The Morgan fingerprint density at radius 2 is 1.68 bits per heavy atom. The van der Waals surface area contributed by atoms with E-state index in [1.54, 1.807) is 4.90 Å². The number of hydrogen-bond acceptors (Lipinski definition) is 3. The monoisotopic (exact) mass is 322 g/mol. The van der Waals surface area contributed by atoms with Crippen LogP contribution in [0, 0.1) is 0 Å². The van der Waals surface area contributed by atoms with Crippen LogP contribution in [0.2, 0.25) is 0 Å². The van der Waals surface area contributed by atoms with E-state index in [4.69, 9.17) is 0 Å². The second kappa shape index (κ2) is 6.74. The van der Waals surface area contributed by atoms with Gasteiger partial charge in [-0.15, -0.1) is 0 Å². The maximum atomic E-state index is 12.7. The maximum absolute atomic E-state index is 12.7. The molecule has 128 valence electrons. The van der Waals surface area contributed by atoms with Crippen molar-refractivity contribution in [1.29, 1.82) is 0 Å². The summed E-state index contributed by atoms with van der Waals surface area (Å²) in [5.41, 5.74) is -0.911. The number of piperazine rings is 1. The molecule has 1 heterocycles. The average Bonchev–Trinajstić information content (AvgIpc) is 2.46. The molecule has 0 aromatic heterocycles. The predicted octanol–water partition coefficient (Wildman–Crippen LogP) is 2.17. The molecule has 1 amide bonds. The molecule has 1 N–H and O–H groups in total. The molecular formula is C15H25F3N2O2. The first-order valence-corrected chi connectivity index (χ1v) is 8.02. The summed E-state index contributed by atoms with van der Waals surface area (Å²) in [6.07, 6.45) is 0.102. The largest absolute Gasteiger partial charge is 0.403 e. The second-order valence-corrected chi connectivity index (χ2v) is 6.60. The van der Waals surface area contributed by atoms with Gasteiger partial charge in [0.25, 0.3) is 0 Å². The number of rotatable bonds is 3. The molecule has 2 rings (SSSR count). The van der Waals surface area contributed by atoms with Gasteiger partial charge in [0, 0.05) is 26.2 Å². The Bertz CT molecular complexity index is 387. The van der Waals surface area contributed by atoms with Crippen LogP contribution in [0.25, 0.3) is 0 Å². The first kappa shape index (κ1) is 17.5. The van der Waals surface area contributed by atoms with Crippen molar-refractivity contribution in [2.24, 2.45) is 0 Å². The molecule has 2 fully saturated rings. The zero-order valence-electron chi connectivity index (χ0n) is 13.0. The molecule has 1 aliphatic heterocycles. The van der Waals surface area contributed by atoms with Crippen molar-refractivity contribution in [1.82, 2.24) is 9.80 Å². The number of halogens is 3. The van der Waals surface area contributed by atoms with E-state index in [0.29, 0.717) is 25.9 Å². The van der Waals surface area contributed by atoms with Crippen LogP contribution >= 0.6 is 0 Å². The van der Waals surface area contributed by atoms with Gasteiger partial charge in [-0.05, 0) is 19.8 Å². The van der Waals surface area contributed by atoms with Gasteiger partial charge in [0.2, 0.25) is 5.91 Å². The Hall–Kier alpha value is -0.820. The summed E-state index contributed by atoms with van der Waals surface area (Å²) in [4.78, 5) is 15.2. The molecule has 1 atom stereocenters. The number of carbonyl (C=O) groups excluding carboxylic acids is 1. The highest BCUT2D eigenvalue weighted by Gasteiger charge is 2.41. The number of hydrogen-bond donors (Lipinski definition) is 1. The van der Waals surface area contributed by atoms with E-state index in [0.717, 1.165) is 26.2 Å². The molecular weight excluding hydrogens is 297 g/mol. The average molecular weight is 322 g/mol. The molecule has 0 spiro atoms. The number of nitrogens with zero attached hydrogens (tertiary/aromatic N) is 2. The van der Waals surface area contributed by atoms with Crippen molar-refractivity contribution in [3.8, 4) is 0 Å². The molecule has 22 heavy (non-hydrogen) atoms. The lowest BCUT2D eigenvalue weighted by atomic mass is 9.82. The predicted molar refractivity (Wildman–Crippen MR) is 76.3 cm³/mol. The Kier molecular flexibility index (Phi) is 5.37. The lowest BCUT2D eigenvalue weighted by Crippen LogP contribution is -2.55. The van der Waals surface area contributed by atoms with Crippen LogP contribution in [0.1, 0.15) is 45.4 Å². The van der Waals surface area contributed by atoms with Crippen molar-refractivity contribution in [2.45, 2.75) is 63.3 Å². The summed E-state index contributed by atoms with van der Waals surface area (Å²) in [5, 5.41) is 10.4. The van der Waals surface area contributed by atoms with E-state index in [-0.39, 0.29) is 25.4 Å². The van der Waals surface area contributed by atoms with E-state index in [9.17, 15) is 23.1 Å². The molecule has 2 aliphatic rings. The molecule has 7 heteroatoms. The van der Waals surface area contributed by atoms with Crippen LogP contribution in [0.15, 0.2) is 0 Å². The van der Waals surface area contributed by atoms with E-state index in [1.807, 2.05) is 0 Å². The van der Waals surface area contributed by atoms with Gasteiger partial charge >= 0.3 is 6.18 Å². The standard InChI is InChI=1S/C15H25F3N2O2/c1-12(15(16,17)18)19-7-9-20(10-8-19)13(21)11-14(22)5-3-2-4-6-14/h12,22H,2-11H2,1H3. The van der Waals surface area contributed by atoms with E-state index < -0.39 is 17.8 Å². The molecule has 1 saturated heterocycles. The molecule has 0 aromatic carbocycles. The Morgan fingerprint density at radius 1 is 1.14 bits per heavy atom. The fourth-order valence-electron chi connectivity index (χ4n) is 3.35. The minimum absolute atomic E-state index is 0.0990. The lowest BCUT2D eigenvalue weighted by molar-refractivity contribution is -0.183. The number of amides is 1. The molecule has 1 saturated carbocycles. The zero-order valence-corrected chi connectivity index (χ0v) is 13.0. The van der Waals surface area contributed by atoms with Gasteiger partial charge in [-0.1, -0.05) is 19.3 Å². The van der Waals surface area contributed by atoms with E-state index >= 15 is 0 Å². The SMILES string of the molecule is CC(N1CCN(C(=O)CC2(O)CCCCC2)CC1)C(F)(F)F. The summed E-state index contributed by atoms with van der Waals surface area (Å²) in [6, 6.07) is -1.48. The third-order valence-electron chi connectivity index (χ3n) is 4.95. The van der Waals surface area contributed by atoms with Crippen LogP contribution in [0.3, 0.4) is 0 Å². The molecule has 0 radical (unpaired) electrons. The van der Waals surface area contributed by atoms with Gasteiger partial charge < -0.3 is 10.0 Å². The third kappa shape index (κ3) is 4.35. The van der Waals surface area contributed by atoms with E-state index in [1.165, 1.54) is 4.90 Å². The highest BCUT2D eigenvalue weighted by molar-refractivity contribution is 5.77. The smallest absolute Gasteiger partial charge is 0.389 e. The molecule has 1 unspecified atom stereocenters. The molecule has 0 bridgehead atoms. The summed E-state index contributed by atoms with van der Waals surface area (Å²) in [7, 11) is 0. The molecule has 4 nitrogen and oxygen atoms in total. The van der Waals surface area contributed by atoms with Gasteiger partial charge in [0.05, 0.1) is 12.0 Å². The quantitative estimate of drug-likeness (QED) is 0.866. The Labute approximate surface area is 129 Å². The zero-order chi connectivity index (χ0) is 16.4. The van der Waals surface area contributed by atoms with Crippen LogP contribution < -0.4 is 0 Å². The van der Waals surface area contributed by atoms with Crippen LogP contribution in [-0.4, -0.2) is 64.8 Å². The normalized spacial score (nSPS) is 25.0. The lowest BCUT2D eigenvalue weighted by Gasteiger charge is -2.40. The van der Waals surface area contributed by atoms with Gasteiger partial charge in [-0.3, -0.25) is 9.69 Å². The van der Waals surface area contributed by atoms with Crippen LogP contribution in [0.5, 0.6) is 0 Å². The molecule has 1 aliphatic carbocycles. The number of carbonyl (C=O) groups is 1. The van der Waals surface area contributed by atoms with E-state index in [2.05, 4.69) is 0 Å². The fraction of sp³-hybridized carbons (Fsp3) is 0.933. The van der Waals surface area contributed by atoms with Crippen LogP contribution in [0.4, 0.5) is 13.2 Å². The summed E-state index contributed by atoms with van der Waals surface area (Å²) < 4.78 is 38.1. The van der Waals surface area contributed by atoms with Crippen molar-refractivity contribution in [3.05, 3.63) is 0 Å². The summed E-state index contributed by atoms with van der Waals surface area (Å²) >= 11 is 0. The van der Waals surface area contributed by atoms with Crippen molar-refractivity contribution in [2.75, 3.05) is 26.2 Å². The Morgan fingerprint density at radius 3 is 2.18 bits per heavy atom. The van der Waals surface area contributed by atoms with Gasteiger partial charge in [0.15, 0.2) is 0 Å². The fourth-order valence-corrected chi connectivity index (χ4v) is 3.35. The summed E-state index contributed by atoms with van der Waals surface area (Å²) in [5.74, 6) is -0.135. The highest BCUT2D eigenvalue weighted by atomic mass is 19.4. The number of alkyl halides is 3. The highest BCUT2D eigenvalue weighted by Crippen LogP contribution is 2.31. The Balaban J connectivity index is 1.82. The molecule has 0 aromatic rings. The number of aliphatic hydroxyl groups is 1.